The number of thioether (sulfide) groups is 1. The van der Waals surface area contributed by atoms with Crippen molar-refractivity contribution in [1.82, 2.24) is 5.32 Å². The van der Waals surface area contributed by atoms with Gasteiger partial charge < -0.3 is 15.3 Å². The number of aromatic hydroxyl groups is 1. The average molecular weight is 280 g/mol. The van der Waals surface area contributed by atoms with Gasteiger partial charge in [0, 0.05) is 42.2 Å². The van der Waals surface area contributed by atoms with Gasteiger partial charge in [-0.2, -0.15) is 11.8 Å². The molecule has 1 aliphatic heterocycles. The van der Waals surface area contributed by atoms with Crippen LogP contribution in [0.1, 0.15) is 31.9 Å². The molecule has 1 aliphatic rings. The summed E-state index contributed by atoms with van der Waals surface area (Å²) in [5.41, 5.74) is 2.13. The zero-order valence-corrected chi connectivity index (χ0v) is 12.7. The van der Waals surface area contributed by atoms with Crippen molar-refractivity contribution in [2.24, 2.45) is 0 Å². The minimum Gasteiger partial charge on any atom is -0.508 e. The maximum Gasteiger partial charge on any atom is 0.122 e. The summed E-state index contributed by atoms with van der Waals surface area (Å²) in [6, 6.07) is 6.30. The van der Waals surface area contributed by atoms with Crippen LogP contribution in [0.3, 0.4) is 0 Å². The minimum absolute atomic E-state index is 0.193. The van der Waals surface area contributed by atoms with E-state index in [-0.39, 0.29) is 6.04 Å². The van der Waals surface area contributed by atoms with Crippen LogP contribution in [-0.4, -0.2) is 36.2 Å². The topological polar surface area (TPSA) is 35.5 Å². The number of rotatable bonds is 4. The molecule has 4 heteroatoms. The van der Waals surface area contributed by atoms with Gasteiger partial charge in [0.25, 0.3) is 0 Å². The van der Waals surface area contributed by atoms with Gasteiger partial charge in [-0.25, -0.2) is 0 Å². The maximum absolute atomic E-state index is 10.2. The lowest BCUT2D eigenvalue weighted by Crippen LogP contribution is -2.25. The van der Waals surface area contributed by atoms with Crippen molar-refractivity contribution >= 4 is 17.4 Å². The summed E-state index contributed by atoms with van der Waals surface area (Å²) in [7, 11) is 0. The molecule has 1 aromatic carbocycles. The molecule has 2 rings (SSSR count). The Kier molecular flexibility index (Phi) is 5.40. The standard InChI is InChI=1S/C15H24N2OS/c1-3-16-12(2)14-6-5-13(11-15(14)18)17-7-4-9-19-10-8-17/h5-6,11-12,16,18H,3-4,7-10H2,1-2H3. The first-order valence-electron chi connectivity index (χ1n) is 7.11. The van der Waals surface area contributed by atoms with Crippen LogP contribution >= 0.6 is 11.8 Å². The molecule has 106 valence electrons. The van der Waals surface area contributed by atoms with Crippen molar-refractivity contribution in [2.45, 2.75) is 26.3 Å². The van der Waals surface area contributed by atoms with Crippen LogP contribution < -0.4 is 10.2 Å². The summed E-state index contributed by atoms with van der Waals surface area (Å²) >= 11 is 2.02. The third kappa shape index (κ3) is 3.80. The van der Waals surface area contributed by atoms with Gasteiger partial charge >= 0.3 is 0 Å². The smallest absolute Gasteiger partial charge is 0.122 e. The van der Waals surface area contributed by atoms with Crippen LogP contribution in [0.5, 0.6) is 5.75 Å². The highest BCUT2D eigenvalue weighted by Crippen LogP contribution is 2.30. The fourth-order valence-corrected chi connectivity index (χ4v) is 3.40. The van der Waals surface area contributed by atoms with Crippen LogP contribution in [0.25, 0.3) is 0 Å². The number of phenols is 1. The van der Waals surface area contributed by atoms with Crippen LogP contribution in [-0.2, 0) is 0 Å². The molecule has 0 bridgehead atoms. The summed E-state index contributed by atoms with van der Waals surface area (Å²) in [6.45, 7) is 7.24. The molecule has 1 fully saturated rings. The van der Waals surface area contributed by atoms with Gasteiger partial charge in [0.2, 0.25) is 0 Å². The van der Waals surface area contributed by atoms with Crippen molar-refractivity contribution in [3.05, 3.63) is 23.8 Å². The Labute approximate surface area is 120 Å². The number of hydrogen-bond acceptors (Lipinski definition) is 4. The van der Waals surface area contributed by atoms with Crippen molar-refractivity contribution in [1.29, 1.82) is 0 Å². The van der Waals surface area contributed by atoms with Crippen molar-refractivity contribution in [3.8, 4) is 5.75 Å². The highest BCUT2D eigenvalue weighted by molar-refractivity contribution is 7.99. The first kappa shape index (κ1) is 14.5. The molecule has 0 radical (unpaired) electrons. The van der Waals surface area contributed by atoms with E-state index in [4.69, 9.17) is 0 Å². The molecule has 0 saturated carbocycles. The predicted molar refractivity (Wildman–Crippen MR) is 84.4 cm³/mol. The van der Waals surface area contributed by atoms with Gasteiger partial charge in [-0.3, -0.25) is 0 Å². The summed E-state index contributed by atoms with van der Waals surface area (Å²) in [6.07, 6.45) is 1.22. The molecule has 1 atom stereocenters. The maximum atomic E-state index is 10.2. The summed E-state index contributed by atoms with van der Waals surface area (Å²) in [5.74, 6) is 2.83. The Morgan fingerprint density at radius 1 is 1.37 bits per heavy atom. The second kappa shape index (κ2) is 7.06. The molecule has 0 amide bonds. The van der Waals surface area contributed by atoms with Crippen molar-refractivity contribution in [2.75, 3.05) is 36.0 Å². The molecule has 0 aliphatic carbocycles. The van der Waals surface area contributed by atoms with E-state index in [1.165, 1.54) is 17.9 Å². The molecule has 0 aromatic heterocycles. The number of phenolic OH excluding ortho intramolecular Hbond substituents is 1. The second-order valence-corrected chi connectivity index (χ2v) is 6.20. The molecule has 1 saturated heterocycles. The molecule has 0 spiro atoms. The van der Waals surface area contributed by atoms with Gasteiger partial charge in [0.05, 0.1) is 0 Å². The number of nitrogens with one attached hydrogen (secondary N) is 1. The Morgan fingerprint density at radius 2 is 2.21 bits per heavy atom. The molecule has 19 heavy (non-hydrogen) atoms. The van der Waals surface area contributed by atoms with E-state index in [1.807, 2.05) is 17.8 Å². The van der Waals surface area contributed by atoms with E-state index in [1.54, 1.807) is 0 Å². The van der Waals surface area contributed by atoms with E-state index in [2.05, 4.69) is 36.2 Å². The Hall–Kier alpha value is -0.870. The van der Waals surface area contributed by atoms with Gasteiger partial charge in [-0.05, 0) is 31.7 Å². The fraction of sp³-hybridized carbons (Fsp3) is 0.600. The monoisotopic (exact) mass is 280 g/mol. The van der Waals surface area contributed by atoms with Crippen LogP contribution in [0.2, 0.25) is 0 Å². The van der Waals surface area contributed by atoms with Gasteiger partial charge in [0.1, 0.15) is 5.75 Å². The first-order valence-corrected chi connectivity index (χ1v) is 8.27. The molecule has 1 unspecified atom stereocenters. The normalized spacial score (nSPS) is 18.1. The quantitative estimate of drug-likeness (QED) is 0.889. The van der Waals surface area contributed by atoms with Gasteiger partial charge in [-0.15, -0.1) is 0 Å². The predicted octanol–water partition coefficient (Wildman–Crippen LogP) is 3.01. The van der Waals surface area contributed by atoms with E-state index in [9.17, 15) is 5.11 Å². The highest BCUT2D eigenvalue weighted by atomic mass is 32.2. The Morgan fingerprint density at radius 3 is 2.95 bits per heavy atom. The number of benzene rings is 1. The first-order chi connectivity index (χ1) is 9.22. The average Bonchev–Trinajstić information content (AvgIpc) is 2.67. The van der Waals surface area contributed by atoms with Gasteiger partial charge in [0.15, 0.2) is 0 Å². The lowest BCUT2D eigenvalue weighted by molar-refractivity contribution is 0.454. The summed E-state index contributed by atoms with van der Waals surface area (Å²) in [5, 5.41) is 13.6. The third-order valence-electron chi connectivity index (χ3n) is 3.58. The van der Waals surface area contributed by atoms with Crippen molar-refractivity contribution in [3.63, 3.8) is 0 Å². The van der Waals surface area contributed by atoms with E-state index >= 15 is 0 Å². The number of nitrogens with zero attached hydrogens (tertiary/aromatic N) is 1. The third-order valence-corrected chi connectivity index (χ3v) is 4.63. The Bertz CT molecular complexity index is 403. The zero-order valence-electron chi connectivity index (χ0n) is 11.9. The number of hydrogen-bond donors (Lipinski definition) is 2. The highest BCUT2D eigenvalue weighted by Gasteiger charge is 2.14. The zero-order chi connectivity index (χ0) is 13.7. The van der Waals surface area contributed by atoms with E-state index in [0.29, 0.717) is 5.75 Å². The summed E-state index contributed by atoms with van der Waals surface area (Å²) < 4.78 is 0. The Balaban J connectivity index is 2.13. The van der Waals surface area contributed by atoms with Crippen LogP contribution in [0.15, 0.2) is 18.2 Å². The summed E-state index contributed by atoms with van der Waals surface area (Å²) in [4.78, 5) is 2.38. The minimum atomic E-state index is 0.193. The largest absolute Gasteiger partial charge is 0.508 e. The molecule has 2 N–H and O–H groups in total. The lowest BCUT2D eigenvalue weighted by atomic mass is 10.1. The lowest BCUT2D eigenvalue weighted by Gasteiger charge is -2.24. The van der Waals surface area contributed by atoms with Gasteiger partial charge in [-0.1, -0.05) is 13.0 Å². The molecule has 1 heterocycles. The van der Waals surface area contributed by atoms with E-state index < -0.39 is 0 Å². The second-order valence-electron chi connectivity index (χ2n) is 4.98. The molecular weight excluding hydrogens is 256 g/mol. The van der Waals surface area contributed by atoms with Crippen LogP contribution in [0.4, 0.5) is 5.69 Å². The molecular formula is C15H24N2OS. The molecule has 3 nitrogen and oxygen atoms in total. The fourth-order valence-electron chi connectivity index (χ4n) is 2.52. The van der Waals surface area contributed by atoms with E-state index in [0.717, 1.165) is 30.9 Å². The number of anilines is 1. The van der Waals surface area contributed by atoms with Crippen LogP contribution in [0, 0.1) is 0 Å². The molecule has 1 aromatic rings. The SMILES string of the molecule is CCNC(C)c1ccc(N2CCCSCC2)cc1O. The van der Waals surface area contributed by atoms with Crippen molar-refractivity contribution < 1.29 is 5.11 Å².